The minimum absolute atomic E-state index is 0.0284. The maximum Gasteiger partial charge on any atom is 0.317 e. The Morgan fingerprint density at radius 3 is 2.73 bits per heavy atom. The van der Waals surface area contributed by atoms with Crippen LogP contribution < -0.4 is 5.32 Å². The van der Waals surface area contributed by atoms with Crippen molar-refractivity contribution in [3.8, 4) is 0 Å². The molecule has 0 atom stereocenters. The van der Waals surface area contributed by atoms with Crippen molar-refractivity contribution in [2.45, 2.75) is 45.6 Å². The average molecular weight is 308 g/mol. The number of carbonyl (C=O) groups excluding carboxylic acids is 1. The Hall–Kier alpha value is -1.56. The molecule has 0 radical (unpaired) electrons. The van der Waals surface area contributed by atoms with Crippen LogP contribution in [0.3, 0.4) is 0 Å². The van der Waals surface area contributed by atoms with E-state index in [2.05, 4.69) is 10.4 Å². The van der Waals surface area contributed by atoms with E-state index in [1.165, 1.54) is 0 Å². The van der Waals surface area contributed by atoms with Gasteiger partial charge in [-0.15, -0.1) is 0 Å². The van der Waals surface area contributed by atoms with Crippen molar-refractivity contribution in [3.05, 3.63) is 18.5 Å². The van der Waals surface area contributed by atoms with Crippen molar-refractivity contribution in [1.82, 2.24) is 20.0 Å². The van der Waals surface area contributed by atoms with Gasteiger partial charge in [0.15, 0.2) is 0 Å². The normalized spacial score (nSPS) is 16.8. The first-order valence-corrected chi connectivity index (χ1v) is 8.14. The molecule has 6 heteroatoms. The van der Waals surface area contributed by atoms with E-state index in [1.54, 1.807) is 6.20 Å². The first kappa shape index (κ1) is 16.8. The number of piperidine rings is 1. The van der Waals surface area contributed by atoms with Crippen molar-refractivity contribution in [1.29, 1.82) is 0 Å². The average Bonchev–Trinajstić information content (AvgIpc) is 3.06. The van der Waals surface area contributed by atoms with Gasteiger partial charge in [0.05, 0.1) is 6.04 Å². The van der Waals surface area contributed by atoms with Crippen molar-refractivity contribution in [3.63, 3.8) is 0 Å². The Kier molecular flexibility index (Phi) is 5.83. The number of nitrogens with zero attached hydrogens (tertiary/aromatic N) is 3. The number of hydrogen-bond acceptors (Lipinski definition) is 3. The number of likely N-dealkylation sites (tertiary alicyclic amines) is 1. The Morgan fingerprint density at radius 2 is 2.14 bits per heavy atom. The molecule has 2 N–H and O–H groups in total. The van der Waals surface area contributed by atoms with Gasteiger partial charge < -0.3 is 15.3 Å². The number of nitrogens with one attached hydrogen (secondary N) is 1. The molecule has 1 aliphatic rings. The Balaban J connectivity index is 1.65. The number of hydrogen-bond donors (Lipinski definition) is 2. The maximum atomic E-state index is 12.1. The number of aliphatic hydroxyl groups is 1. The summed E-state index contributed by atoms with van der Waals surface area (Å²) in [6.45, 7) is 6.48. The van der Waals surface area contributed by atoms with Gasteiger partial charge in [0.2, 0.25) is 0 Å². The Labute approximate surface area is 132 Å². The molecule has 2 heterocycles. The summed E-state index contributed by atoms with van der Waals surface area (Å²) in [5.41, 5.74) is -0.0627. The monoisotopic (exact) mass is 308 g/mol. The first-order chi connectivity index (χ1) is 10.5. The zero-order valence-electron chi connectivity index (χ0n) is 13.7. The molecule has 22 heavy (non-hydrogen) atoms. The molecule has 6 nitrogen and oxygen atoms in total. The first-order valence-electron chi connectivity index (χ1n) is 8.14. The van der Waals surface area contributed by atoms with E-state index in [-0.39, 0.29) is 18.1 Å². The topological polar surface area (TPSA) is 70.4 Å². The molecule has 0 aliphatic carbocycles. The lowest BCUT2D eigenvalue weighted by Crippen LogP contribution is -2.45. The zero-order valence-corrected chi connectivity index (χ0v) is 13.7. The van der Waals surface area contributed by atoms with Crippen LogP contribution in [-0.2, 0) is 0 Å². The van der Waals surface area contributed by atoms with Crippen molar-refractivity contribution >= 4 is 6.03 Å². The van der Waals surface area contributed by atoms with Gasteiger partial charge in [0, 0.05) is 38.6 Å². The third-order valence-electron chi connectivity index (χ3n) is 4.39. The molecule has 0 saturated carbocycles. The SMILES string of the molecule is CC(C)(CO)CCCNC(=O)N1CCC(n2cccn2)CC1. The van der Waals surface area contributed by atoms with Gasteiger partial charge in [0.1, 0.15) is 0 Å². The molecular formula is C16H28N4O2. The molecule has 0 spiro atoms. The Bertz CT molecular complexity index is 451. The van der Waals surface area contributed by atoms with E-state index in [0.29, 0.717) is 12.6 Å². The largest absolute Gasteiger partial charge is 0.396 e. The van der Waals surface area contributed by atoms with Crippen LogP contribution in [0.25, 0.3) is 0 Å². The Morgan fingerprint density at radius 1 is 1.41 bits per heavy atom. The van der Waals surface area contributed by atoms with E-state index >= 15 is 0 Å². The van der Waals surface area contributed by atoms with Gasteiger partial charge in [-0.3, -0.25) is 4.68 Å². The van der Waals surface area contributed by atoms with E-state index in [1.807, 2.05) is 35.7 Å². The molecule has 0 aromatic carbocycles. The smallest absolute Gasteiger partial charge is 0.317 e. The van der Waals surface area contributed by atoms with Crippen LogP contribution in [-0.4, -0.2) is 52.1 Å². The summed E-state index contributed by atoms with van der Waals surface area (Å²) >= 11 is 0. The second-order valence-electron chi connectivity index (χ2n) is 6.86. The van der Waals surface area contributed by atoms with Crippen LogP contribution in [0.2, 0.25) is 0 Å². The van der Waals surface area contributed by atoms with E-state index in [4.69, 9.17) is 0 Å². The molecule has 1 fully saturated rings. The summed E-state index contributed by atoms with van der Waals surface area (Å²) in [5, 5.41) is 16.5. The van der Waals surface area contributed by atoms with Crippen LogP contribution >= 0.6 is 0 Å². The van der Waals surface area contributed by atoms with Crippen LogP contribution in [0.1, 0.15) is 45.6 Å². The van der Waals surface area contributed by atoms with Gasteiger partial charge in [-0.1, -0.05) is 13.8 Å². The molecule has 2 rings (SSSR count). The van der Waals surface area contributed by atoms with E-state index < -0.39 is 0 Å². The van der Waals surface area contributed by atoms with Crippen LogP contribution in [0, 0.1) is 5.41 Å². The quantitative estimate of drug-likeness (QED) is 0.790. The fraction of sp³-hybridized carbons (Fsp3) is 0.750. The fourth-order valence-electron chi connectivity index (χ4n) is 2.78. The molecule has 1 aliphatic heterocycles. The highest BCUT2D eigenvalue weighted by Crippen LogP contribution is 2.22. The molecule has 0 bridgehead atoms. The highest BCUT2D eigenvalue weighted by molar-refractivity contribution is 5.74. The van der Waals surface area contributed by atoms with Crippen LogP contribution in [0.15, 0.2) is 18.5 Å². The third-order valence-corrected chi connectivity index (χ3v) is 4.39. The summed E-state index contributed by atoms with van der Waals surface area (Å²) in [6, 6.07) is 2.37. The molecular weight excluding hydrogens is 280 g/mol. The molecule has 1 saturated heterocycles. The highest BCUT2D eigenvalue weighted by Gasteiger charge is 2.24. The summed E-state index contributed by atoms with van der Waals surface area (Å²) in [7, 11) is 0. The predicted molar refractivity (Wildman–Crippen MR) is 85.6 cm³/mol. The minimum Gasteiger partial charge on any atom is -0.396 e. The van der Waals surface area contributed by atoms with Crippen LogP contribution in [0.4, 0.5) is 4.79 Å². The van der Waals surface area contributed by atoms with E-state index in [9.17, 15) is 9.90 Å². The maximum absolute atomic E-state index is 12.1. The van der Waals surface area contributed by atoms with E-state index in [0.717, 1.165) is 38.8 Å². The lowest BCUT2D eigenvalue weighted by molar-refractivity contribution is 0.146. The zero-order chi connectivity index (χ0) is 16.0. The van der Waals surface area contributed by atoms with Gasteiger partial charge >= 0.3 is 6.03 Å². The number of carbonyl (C=O) groups is 1. The lowest BCUT2D eigenvalue weighted by atomic mass is 9.89. The number of urea groups is 1. The van der Waals surface area contributed by atoms with Gasteiger partial charge in [-0.05, 0) is 37.2 Å². The highest BCUT2D eigenvalue weighted by atomic mass is 16.3. The van der Waals surface area contributed by atoms with Crippen molar-refractivity contribution < 1.29 is 9.90 Å². The second kappa shape index (κ2) is 7.63. The lowest BCUT2D eigenvalue weighted by Gasteiger charge is -2.32. The summed E-state index contributed by atoms with van der Waals surface area (Å²) in [6.07, 6.45) is 7.49. The molecule has 0 unspecified atom stereocenters. The number of aromatic nitrogens is 2. The van der Waals surface area contributed by atoms with Gasteiger partial charge in [-0.25, -0.2) is 4.79 Å². The summed E-state index contributed by atoms with van der Waals surface area (Å²) in [4.78, 5) is 14.0. The van der Waals surface area contributed by atoms with Crippen molar-refractivity contribution in [2.24, 2.45) is 5.41 Å². The van der Waals surface area contributed by atoms with Gasteiger partial charge in [0.25, 0.3) is 0 Å². The molecule has 1 aromatic rings. The number of amides is 2. The predicted octanol–water partition coefficient (Wildman–Crippen LogP) is 2.03. The summed E-state index contributed by atoms with van der Waals surface area (Å²) in [5.74, 6) is 0. The standard InChI is InChI=1S/C16H28N4O2/c1-16(2,13-21)7-3-8-17-15(22)19-11-5-14(6-12-19)20-10-4-9-18-20/h4,9-10,14,21H,3,5-8,11-13H2,1-2H3,(H,17,22). The molecule has 124 valence electrons. The number of rotatable bonds is 6. The van der Waals surface area contributed by atoms with Gasteiger partial charge in [-0.2, -0.15) is 5.10 Å². The van der Waals surface area contributed by atoms with Crippen molar-refractivity contribution in [2.75, 3.05) is 26.2 Å². The number of aliphatic hydroxyl groups excluding tert-OH is 1. The molecule has 2 amide bonds. The second-order valence-corrected chi connectivity index (χ2v) is 6.86. The fourth-order valence-corrected chi connectivity index (χ4v) is 2.78. The third kappa shape index (κ3) is 4.73. The van der Waals surface area contributed by atoms with Crippen LogP contribution in [0.5, 0.6) is 0 Å². The summed E-state index contributed by atoms with van der Waals surface area (Å²) < 4.78 is 1.99. The minimum atomic E-state index is -0.0627. The molecule has 1 aromatic heterocycles.